The lowest BCUT2D eigenvalue weighted by atomic mass is 10.1. The van der Waals surface area contributed by atoms with Gasteiger partial charge in [0.05, 0.1) is 6.04 Å². The Morgan fingerprint density at radius 2 is 1.87 bits per heavy atom. The Morgan fingerprint density at radius 3 is 2.61 bits per heavy atom. The third kappa shape index (κ3) is 4.18. The molecule has 1 saturated carbocycles. The van der Waals surface area contributed by atoms with Crippen molar-refractivity contribution in [3.63, 3.8) is 0 Å². The Kier molecular flexibility index (Phi) is 4.79. The van der Waals surface area contributed by atoms with Crippen molar-refractivity contribution in [2.75, 3.05) is 10.6 Å². The summed E-state index contributed by atoms with van der Waals surface area (Å²) in [7, 11) is 0. The Labute approximate surface area is 146 Å². The average molecular weight is 349 g/mol. The number of carbonyl (C=O) groups excluding carboxylic acids is 1. The van der Waals surface area contributed by atoms with E-state index in [1.165, 1.54) is 0 Å². The van der Waals surface area contributed by atoms with Crippen molar-refractivity contribution in [2.24, 2.45) is 5.92 Å². The van der Waals surface area contributed by atoms with Crippen molar-refractivity contribution < 1.29 is 4.79 Å². The molecule has 0 radical (unpaired) electrons. The topological polar surface area (TPSA) is 41.1 Å². The molecule has 23 heavy (non-hydrogen) atoms. The first-order valence-electron chi connectivity index (χ1n) is 7.65. The summed E-state index contributed by atoms with van der Waals surface area (Å²) in [6.45, 7) is 2.02. The van der Waals surface area contributed by atoms with E-state index in [0.29, 0.717) is 10.0 Å². The molecule has 5 heteroatoms. The molecule has 2 aromatic rings. The molecule has 2 N–H and O–H groups in total. The molecule has 120 valence electrons. The largest absolute Gasteiger partial charge is 0.378 e. The average Bonchev–Trinajstić information content (AvgIpc) is 3.35. The third-order valence-electron chi connectivity index (χ3n) is 3.89. The minimum absolute atomic E-state index is 0.00409. The van der Waals surface area contributed by atoms with Crippen LogP contribution in [0.15, 0.2) is 42.5 Å². The van der Waals surface area contributed by atoms with E-state index in [-0.39, 0.29) is 17.9 Å². The molecular formula is C18H18Cl2N2O. The van der Waals surface area contributed by atoms with E-state index in [2.05, 4.69) is 10.6 Å². The van der Waals surface area contributed by atoms with E-state index < -0.39 is 0 Å². The number of anilines is 2. The highest BCUT2D eigenvalue weighted by atomic mass is 35.5. The van der Waals surface area contributed by atoms with E-state index in [0.717, 1.165) is 29.8 Å². The van der Waals surface area contributed by atoms with E-state index >= 15 is 0 Å². The second kappa shape index (κ2) is 6.81. The molecular weight excluding hydrogens is 331 g/mol. The maximum atomic E-state index is 11.8. The molecule has 0 saturated heterocycles. The zero-order chi connectivity index (χ0) is 16.4. The molecule has 1 amide bonds. The van der Waals surface area contributed by atoms with Gasteiger partial charge in [0.15, 0.2) is 0 Å². The molecule has 2 aromatic carbocycles. The molecule has 0 bridgehead atoms. The smallest absolute Gasteiger partial charge is 0.227 e. The molecule has 0 heterocycles. The minimum atomic E-state index is -0.00409. The predicted molar refractivity (Wildman–Crippen MR) is 96.3 cm³/mol. The summed E-state index contributed by atoms with van der Waals surface area (Å²) in [5, 5.41) is 7.67. The highest BCUT2D eigenvalue weighted by Crippen LogP contribution is 2.31. The fourth-order valence-electron chi connectivity index (χ4n) is 2.45. The lowest BCUT2D eigenvalue weighted by molar-refractivity contribution is -0.117. The van der Waals surface area contributed by atoms with Crippen molar-refractivity contribution in [2.45, 2.75) is 25.8 Å². The molecule has 1 unspecified atom stereocenters. The van der Waals surface area contributed by atoms with Gasteiger partial charge in [0, 0.05) is 27.3 Å². The molecule has 1 aliphatic rings. The van der Waals surface area contributed by atoms with E-state index in [1.807, 2.05) is 37.3 Å². The zero-order valence-corrected chi connectivity index (χ0v) is 14.3. The lowest BCUT2D eigenvalue weighted by Crippen LogP contribution is -2.13. The number of nitrogens with one attached hydrogen (secondary N) is 2. The number of rotatable bonds is 5. The van der Waals surface area contributed by atoms with Crippen LogP contribution in [-0.2, 0) is 4.79 Å². The third-order valence-corrected chi connectivity index (χ3v) is 4.47. The molecule has 3 rings (SSSR count). The quantitative estimate of drug-likeness (QED) is 0.747. The Bertz CT molecular complexity index is 729. The maximum Gasteiger partial charge on any atom is 0.227 e. The lowest BCUT2D eigenvalue weighted by Gasteiger charge is -2.18. The molecule has 1 fully saturated rings. The van der Waals surface area contributed by atoms with Crippen molar-refractivity contribution >= 4 is 40.5 Å². The number of benzene rings is 2. The first-order chi connectivity index (χ1) is 11.0. The predicted octanol–water partition coefficient (Wildman–Crippen LogP) is 5.52. The number of hydrogen-bond acceptors (Lipinski definition) is 2. The van der Waals surface area contributed by atoms with Crippen LogP contribution >= 0.6 is 23.2 Å². The zero-order valence-electron chi connectivity index (χ0n) is 12.8. The fourth-order valence-corrected chi connectivity index (χ4v) is 2.91. The highest BCUT2D eigenvalue weighted by Gasteiger charge is 2.29. The first-order valence-corrected chi connectivity index (χ1v) is 8.41. The van der Waals surface area contributed by atoms with Gasteiger partial charge < -0.3 is 10.6 Å². The minimum Gasteiger partial charge on any atom is -0.378 e. The normalized spacial score (nSPS) is 15.1. The Balaban J connectivity index is 1.71. The molecule has 3 nitrogen and oxygen atoms in total. The molecule has 1 aliphatic carbocycles. The van der Waals surface area contributed by atoms with Crippen LogP contribution in [0.2, 0.25) is 10.0 Å². The first kappa shape index (κ1) is 16.2. The summed E-state index contributed by atoms with van der Waals surface area (Å²) in [5.74, 6) is 0.295. The van der Waals surface area contributed by atoms with Crippen molar-refractivity contribution in [1.29, 1.82) is 0 Å². The summed E-state index contributed by atoms with van der Waals surface area (Å²) in [6, 6.07) is 13.1. The van der Waals surface area contributed by atoms with Gasteiger partial charge >= 0.3 is 0 Å². The van der Waals surface area contributed by atoms with Crippen LogP contribution in [0.5, 0.6) is 0 Å². The number of carbonyl (C=O) groups is 1. The van der Waals surface area contributed by atoms with E-state index in [1.54, 1.807) is 12.1 Å². The molecule has 0 aliphatic heterocycles. The molecule has 0 spiro atoms. The number of halogens is 2. The monoisotopic (exact) mass is 348 g/mol. The van der Waals surface area contributed by atoms with Gasteiger partial charge in [0.1, 0.15) is 0 Å². The van der Waals surface area contributed by atoms with Gasteiger partial charge in [-0.25, -0.2) is 0 Å². The summed E-state index contributed by atoms with van der Waals surface area (Å²) in [6.07, 6.45) is 1.99. The van der Waals surface area contributed by atoms with Crippen LogP contribution in [0.25, 0.3) is 0 Å². The summed E-state index contributed by atoms with van der Waals surface area (Å²) >= 11 is 12.3. The van der Waals surface area contributed by atoms with Crippen LogP contribution in [0.4, 0.5) is 11.4 Å². The second-order valence-corrected chi connectivity index (χ2v) is 6.72. The van der Waals surface area contributed by atoms with Crippen LogP contribution < -0.4 is 10.6 Å². The number of hydrogen-bond donors (Lipinski definition) is 2. The fraction of sp³-hybridized carbons (Fsp3) is 0.278. The van der Waals surface area contributed by atoms with Gasteiger partial charge in [-0.15, -0.1) is 0 Å². The molecule has 1 atom stereocenters. The van der Waals surface area contributed by atoms with Crippen molar-refractivity contribution in [3.8, 4) is 0 Å². The highest BCUT2D eigenvalue weighted by molar-refractivity contribution is 6.33. The van der Waals surface area contributed by atoms with Gasteiger partial charge in [0.25, 0.3) is 0 Å². The second-order valence-electron chi connectivity index (χ2n) is 5.88. The van der Waals surface area contributed by atoms with E-state index in [4.69, 9.17) is 23.2 Å². The summed E-state index contributed by atoms with van der Waals surface area (Å²) in [5.41, 5.74) is 2.66. The molecule has 0 aromatic heterocycles. The van der Waals surface area contributed by atoms with Gasteiger partial charge in [-0.1, -0.05) is 29.3 Å². The van der Waals surface area contributed by atoms with Crippen LogP contribution in [0, 0.1) is 5.92 Å². The Hall–Kier alpha value is -1.71. The van der Waals surface area contributed by atoms with Gasteiger partial charge in [-0.2, -0.15) is 0 Å². The van der Waals surface area contributed by atoms with Gasteiger partial charge in [-0.3, -0.25) is 4.79 Å². The van der Waals surface area contributed by atoms with Gasteiger partial charge in [-0.05, 0) is 61.7 Å². The summed E-state index contributed by atoms with van der Waals surface area (Å²) < 4.78 is 0. The van der Waals surface area contributed by atoms with Crippen LogP contribution in [0.3, 0.4) is 0 Å². The summed E-state index contributed by atoms with van der Waals surface area (Å²) in [4.78, 5) is 11.8. The van der Waals surface area contributed by atoms with Crippen LogP contribution in [0.1, 0.15) is 31.4 Å². The maximum absolute atomic E-state index is 11.8. The van der Waals surface area contributed by atoms with Crippen molar-refractivity contribution in [3.05, 3.63) is 58.1 Å². The van der Waals surface area contributed by atoms with Gasteiger partial charge in [0.2, 0.25) is 5.91 Å². The standard InChI is InChI=1S/C18H18Cl2N2O/c1-11(16-9-13(19)7-8-17(16)20)21-14-3-2-4-15(10-14)22-18(23)12-5-6-12/h2-4,7-12,21H,5-6H2,1H3,(H,22,23). The van der Waals surface area contributed by atoms with Crippen LogP contribution in [-0.4, -0.2) is 5.91 Å². The Morgan fingerprint density at radius 1 is 1.13 bits per heavy atom. The number of amides is 1. The van der Waals surface area contributed by atoms with E-state index in [9.17, 15) is 4.79 Å². The van der Waals surface area contributed by atoms with Crippen molar-refractivity contribution in [1.82, 2.24) is 0 Å². The SMILES string of the molecule is CC(Nc1cccc(NC(=O)C2CC2)c1)c1cc(Cl)ccc1Cl.